The van der Waals surface area contributed by atoms with Crippen LogP contribution in [0.5, 0.6) is 11.5 Å². The van der Waals surface area contributed by atoms with E-state index in [9.17, 15) is 23.3 Å². The van der Waals surface area contributed by atoms with Crippen molar-refractivity contribution in [1.29, 1.82) is 0 Å². The quantitative estimate of drug-likeness (QED) is 0.0856. The molecule has 0 radical (unpaired) electrons. The van der Waals surface area contributed by atoms with Gasteiger partial charge in [-0.05, 0) is 97.9 Å². The number of benzene rings is 3. The van der Waals surface area contributed by atoms with Gasteiger partial charge in [0.15, 0.2) is 0 Å². The molecular weight excluding hydrogens is 892 g/mol. The van der Waals surface area contributed by atoms with Gasteiger partial charge in [0.2, 0.25) is 0 Å². The molecule has 18 heteroatoms. The molecule has 2 aliphatic carbocycles. The molecule has 0 bridgehead atoms. The van der Waals surface area contributed by atoms with Gasteiger partial charge in [-0.3, -0.25) is 24.7 Å². The smallest absolute Gasteiger partial charge is 0.293 e. The molecule has 0 atom stereocenters. The maximum atomic E-state index is 13.9. The van der Waals surface area contributed by atoms with Crippen LogP contribution in [0.3, 0.4) is 0 Å². The van der Waals surface area contributed by atoms with Crippen LogP contribution < -0.4 is 25.4 Å². The van der Waals surface area contributed by atoms with E-state index in [1.54, 1.807) is 12.1 Å². The first-order valence-electron chi connectivity index (χ1n) is 22.2. The topological polar surface area (TPSA) is 186 Å². The molecule has 0 unspecified atom stereocenters. The highest BCUT2D eigenvalue weighted by molar-refractivity contribution is 7.90. The molecule has 4 aliphatic rings. The summed E-state index contributed by atoms with van der Waals surface area (Å²) in [5.41, 5.74) is 10.6. The fraction of sp³-hybridized carbons (Fsp3) is 0.447. The summed E-state index contributed by atoms with van der Waals surface area (Å²) in [7, 11) is -4.59. The van der Waals surface area contributed by atoms with Crippen molar-refractivity contribution in [2.75, 3.05) is 75.0 Å². The average molecular weight is 948 g/mol. The van der Waals surface area contributed by atoms with Gasteiger partial charge in [-0.15, -0.1) is 0 Å². The molecule has 4 N–H and O–H groups in total. The zero-order chi connectivity index (χ0) is 45.9. The van der Waals surface area contributed by atoms with E-state index in [0.717, 1.165) is 108 Å². The number of carbonyl (C=O) groups excluding carboxylic acids is 1. The number of anilines is 3. The highest BCUT2D eigenvalue weighted by Gasteiger charge is 2.32. The number of hydrogen-bond donors (Lipinski definition) is 3. The number of hydrogen-bond acceptors (Lipinski definition) is 13. The highest BCUT2D eigenvalue weighted by Crippen LogP contribution is 2.44. The van der Waals surface area contributed by atoms with E-state index in [1.165, 1.54) is 47.2 Å². The first kappa shape index (κ1) is 46.6. The Balaban J connectivity index is 0.968. The fourth-order valence-electron chi connectivity index (χ4n) is 9.43. The maximum absolute atomic E-state index is 13.9. The van der Waals surface area contributed by atoms with Gasteiger partial charge in [0, 0.05) is 86.8 Å². The lowest BCUT2D eigenvalue weighted by Gasteiger charge is -2.39. The molecule has 1 saturated carbocycles. The van der Waals surface area contributed by atoms with E-state index >= 15 is 0 Å². The molecular formula is C47H56Cl2N8O7S. The molecule has 3 aromatic carbocycles. The van der Waals surface area contributed by atoms with E-state index in [1.807, 2.05) is 12.1 Å². The molecule has 346 valence electrons. The second-order valence-corrected chi connectivity index (χ2v) is 20.7. The van der Waals surface area contributed by atoms with Crippen molar-refractivity contribution in [3.63, 3.8) is 0 Å². The van der Waals surface area contributed by atoms with Crippen LogP contribution >= 0.6 is 23.2 Å². The predicted octanol–water partition coefficient (Wildman–Crippen LogP) is 8.63. The lowest BCUT2D eigenvalue weighted by Crippen LogP contribution is -2.47. The number of amides is 1. The van der Waals surface area contributed by atoms with Crippen LogP contribution in [-0.4, -0.2) is 105 Å². The second-order valence-electron chi connectivity index (χ2n) is 18.2. The van der Waals surface area contributed by atoms with E-state index < -0.39 is 31.4 Å². The summed E-state index contributed by atoms with van der Waals surface area (Å²) in [6.07, 6.45) is 8.04. The molecule has 3 heterocycles. The van der Waals surface area contributed by atoms with Gasteiger partial charge in [-0.1, -0.05) is 54.8 Å². The number of aromatic nitrogens is 1. The third-order valence-corrected chi connectivity index (χ3v) is 15.0. The number of sulfonamides is 1. The van der Waals surface area contributed by atoms with E-state index in [-0.39, 0.29) is 45.0 Å². The molecule has 2 saturated heterocycles. The number of ether oxygens (including phenoxy) is 2. The number of nitrogens with two attached hydrogens (primary N) is 1. The number of piperazine rings is 1. The van der Waals surface area contributed by atoms with Crippen molar-refractivity contribution >= 4 is 67.6 Å². The minimum absolute atomic E-state index is 0.00875. The van der Waals surface area contributed by atoms with Gasteiger partial charge in [-0.2, -0.15) is 0 Å². The number of nitrogen functional groups attached to an aromatic ring is 1. The number of nitro benzene ring substituents is 1. The van der Waals surface area contributed by atoms with Crippen LogP contribution in [0.4, 0.5) is 22.9 Å². The summed E-state index contributed by atoms with van der Waals surface area (Å²) < 4.78 is 41.3. The van der Waals surface area contributed by atoms with Crippen LogP contribution in [0.1, 0.15) is 74.7 Å². The number of nitro groups is 1. The number of halogens is 2. The van der Waals surface area contributed by atoms with Crippen molar-refractivity contribution in [3.05, 3.63) is 110 Å². The Morgan fingerprint density at radius 3 is 2.38 bits per heavy atom. The predicted molar refractivity (Wildman–Crippen MR) is 255 cm³/mol. The Bertz CT molecular complexity index is 2540. The van der Waals surface area contributed by atoms with E-state index in [4.69, 9.17) is 38.4 Å². The third-order valence-electron chi connectivity index (χ3n) is 13.1. The standard InChI is InChI=1S/C47H56Cl2N8O7S/c1-47(2)16-15-32(40(28-47)31-3-5-33(48)6-4-31)30-54-17-19-55(20-18-54)36-11-13-39(44(25-36)64-37-26-41(49)45(50)51-29-37)46(58)53-65(61,62)38-12-14-42(43(27-38)57(59)60)52-34-7-9-35(10-8-34)56-21-23-63-24-22-56/h3-6,11-14,25-27,29,34-35,52H,7-10,15-24,28,30H2,1-2H3,(H2,50,51)(H,53,58). The molecule has 3 fully saturated rings. The molecule has 15 nitrogen and oxygen atoms in total. The Hall–Kier alpha value is -4.97. The lowest BCUT2D eigenvalue weighted by molar-refractivity contribution is -0.384. The Labute approximate surface area is 390 Å². The summed E-state index contributed by atoms with van der Waals surface area (Å²) >= 11 is 12.5. The normalized spacial score (nSPS) is 20.9. The molecule has 2 aliphatic heterocycles. The van der Waals surface area contributed by atoms with Crippen molar-refractivity contribution in [1.82, 2.24) is 19.5 Å². The molecule has 1 aromatic heterocycles. The second kappa shape index (κ2) is 19.9. The summed E-state index contributed by atoms with van der Waals surface area (Å²) in [5.74, 6) is -0.671. The van der Waals surface area contributed by atoms with Crippen LogP contribution in [0.15, 0.2) is 83.4 Å². The van der Waals surface area contributed by atoms with Crippen LogP contribution in [0, 0.1) is 15.5 Å². The van der Waals surface area contributed by atoms with Crippen molar-refractivity contribution < 1.29 is 27.6 Å². The third kappa shape index (κ3) is 11.4. The van der Waals surface area contributed by atoms with Gasteiger partial charge in [-0.25, -0.2) is 18.1 Å². The largest absolute Gasteiger partial charge is 0.455 e. The van der Waals surface area contributed by atoms with Gasteiger partial charge in [0.05, 0.1) is 39.8 Å². The Morgan fingerprint density at radius 2 is 1.69 bits per heavy atom. The summed E-state index contributed by atoms with van der Waals surface area (Å²) in [6.45, 7) is 11.8. The molecule has 65 heavy (non-hydrogen) atoms. The lowest BCUT2D eigenvalue weighted by atomic mass is 9.72. The summed E-state index contributed by atoms with van der Waals surface area (Å²) in [5, 5.41) is 16.4. The number of morpholine rings is 1. The number of carbonyl (C=O) groups is 1. The molecule has 4 aromatic rings. The van der Waals surface area contributed by atoms with Crippen molar-refractivity contribution in [2.24, 2.45) is 5.41 Å². The number of nitrogens with one attached hydrogen (secondary N) is 2. The zero-order valence-corrected chi connectivity index (χ0v) is 39.1. The molecule has 0 spiro atoms. The van der Waals surface area contributed by atoms with Crippen LogP contribution in [0.2, 0.25) is 10.0 Å². The van der Waals surface area contributed by atoms with Crippen molar-refractivity contribution in [2.45, 2.75) is 75.8 Å². The molecule has 8 rings (SSSR count). The number of allylic oxidation sites excluding steroid dienone is 1. The average Bonchev–Trinajstić information content (AvgIpc) is 3.29. The summed E-state index contributed by atoms with van der Waals surface area (Å²) in [4.78, 5) is 36.4. The first-order chi connectivity index (χ1) is 31.1. The molecule has 1 amide bonds. The highest BCUT2D eigenvalue weighted by atomic mass is 35.5. The fourth-order valence-corrected chi connectivity index (χ4v) is 10.7. The van der Waals surface area contributed by atoms with Crippen LogP contribution in [0.25, 0.3) is 5.57 Å². The first-order valence-corrected chi connectivity index (χ1v) is 24.5. The minimum Gasteiger partial charge on any atom is -0.455 e. The van der Waals surface area contributed by atoms with Gasteiger partial charge in [0.1, 0.15) is 23.0 Å². The van der Waals surface area contributed by atoms with E-state index in [2.05, 4.69) is 55.7 Å². The van der Waals surface area contributed by atoms with Gasteiger partial charge < -0.3 is 25.4 Å². The monoisotopic (exact) mass is 946 g/mol. The van der Waals surface area contributed by atoms with Crippen LogP contribution in [-0.2, 0) is 14.8 Å². The van der Waals surface area contributed by atoms with Gasteiger partial charge >= 0.3 is 0 Å². The minimum atomic E-state index is -4.59. The number of nitrogens with zero attached hydrogens (tertiary/aromatic N) is 5. The zero-order valence-electron chi connectivity index (χ0n) is 36.7. The van der Waals surface area contributed by atoms with Crippen molar-refractivity contribution in [3.8, 4) is 11.5 Å². The summed E-state index contributed by atoms with van der Waals surface area (Å²) in [6, 6.07) is 18.6. The number of rotatable bonds is 13. The number of pyridine rings is 1. The Kier molecular flexibility index (Phi) is 14.2. The van der Waals surface area contributed by atoms with E-state index in [0.29, 0.717) is 19.1 Å². The van der Waals surface area contributed by atoms with Gasteiger partial charge in [0.25, 0.3) is 21.6 Å². The Morgan fingerprint density at radius 1 is 0.969 bits per heavy atom. The maximum Gasteiger partial charge on any atom is 0.293 e. The SMILES string of the molecule is CC1(C)CCC(CN2CCN(c3ccc(C(=O)NS(=O)(=O)c4ccc(NC5CCC(N6CCOCC6)CC5)c([N+](=O)[O-])c4)c(Oc4cnc(N)c(Cl)c4)c3)CC2)=C(c2ccc(Cl)cc2)C1.